The van der Waals surface area contributed by atoms with E-state index in [-0.39, 0.29) is 11.5 Å². The molecule has 0 radical (unpaired) electrons. The maximum absolute atomic E-state index is 12.3. The van der Waals surface area contributed by atoms with E-state index in [1.165, 1.54) is 11.1 Å². The van der Waals surface area contributed by atoms with Gasteiger partial charge >= 0.3 is 5.97 Å². The summed E-state index contributed by atoms with van der Waals surface area (Å²) in [4.78, 5) is 25.0. The molecule has 0 aliphatic carbocycles. The molecule has 1 heterocycles. The lowest BCUT2D eigenvalue weighted by Gasteiger charge is -2.39. The first-order chi connectivity index (χ1) is 12.0. The molecule has 0 atom stereocenters. The number of hydrogen-bond donors (Lipinski definition) is 1. The van der Waals surface area contributed by atoms with Crippen molar-refractivity contribution in [3.63, 3.8) is 0 Å². The first-order valence-corrected chi connectivity index (χ1v) is 8.67. The van der Waals surface area contributed by atoms with Crippen LogP contribution in [-0.2, 0) is 17.6 Å². The van der Waals surface area contributed by atoms with Gasteiger partial charge in [0.1, 0.15) is 0 Å². The average Bonchev–Trinajstić information content (AvgIpc) is 2.56. The highest BCUT2D eigenvalue weighted by Crippen LogP contribution is 2.22. The van der Waals surface area contributed by atoms with Crippen LogP contribution in [0.4, 0.5) is 0 Å². The van der Waals surface area contributed by atoms with Gasteiger partial charge in [0.15, 0.2) is 0 Å². The van der Waals surface area contributed by atoms with Gasteiger partial charge in [-0.3, -0.25) is 4.79 Å². The third-order valence-electron chi connectivity index (χ3n) is 4.75. The van der Waals surface area contributed by atoms with Crippen LogP contribution in [-0.4, -0.2) is 35.0 Å². The summed E-state index contributed by atoms with van der Waals surface area (Å²) in [6.07, 6.45) is 2.16. The van der Waals surface area contributed by atoms with Crippen molar-refractivity contribution in [2.75, 3.05) is 13.1 Å². The van der Waals surface area contributed by atoms with Crippen molar-refractivity contribution >= 4 is 11.9 Å². The summed E-state index contributed by atoms with van der Waals surface area (Å²) in [6.45, 7) is 3.78. The van der Waals surface area contributed by atoms with E-state index in [9.17, 15) is 9.59 Å². The second kappa shape index (κ2) is 7.51. The molecule has 0 unspecified atom stereocenters. The van der Waals surface area contributed by atoms with E-state index in [0.717, 1.165) is 25.1 Å². The van der Waals surface area contributed by atoms with Gasteiger partial charge in [-0.25, -0.2) is 4.79 Å². The van der Waals surface area contributed by atoms with E-state index in [0.29, 0.717) is 18.8 Å². The fourth-order valence-corrected chi connectivity index (χ4v) is 3.30. The normalized spacial score (nSPS) is 14.2. The SMILES string of the molecule is Cc1cccc(CC2CN(C(=O)CCc3ccc(C(=O)O)cc3)C2)c1. The molecule has 130 valence electrons. The molecule has 1 aliphatic heterocycles. The maximum Gasteiger partial charge on any atom is 0.335 e. The predicted molar refractivity (Wildman–Crippen MR) is 96.7 cm³/mol. The van der Waals surface area contributed by atoms with Gasteiger partial charge < -0.3 is 10.0 Å². The largest absolute Gasteiger partial charge is 0.478 e. The summed E-state index contributed by atoms with van der Waals surface area (Å²) in [5.74, 6) is -0.189. The number of benzene rings is 2. The third-order valence-corrected chi connectivity index (χ3v) is 4.75. The third kappa shape index (κ3) is 4.47. The number of carbonyl (C=O) groups excluding carboxylic acids is 1. The van der Waals surface area contributed by atoms with Crippen molar-refractivity contribution in [3.8, 4) is 0 Å². The van der Waals surface area contributed by atoms with E-state index in [4.69, 9.17) is 5.11 Å². The summed E-state index contributed by atoms with van der Waals surface area (Å²) < 4.78 is 0. The smallest absolute Gasteiger partial charge is 0.335 e. The Morgan fingerprint density at radius 1 is 1.08 bits per heavy atom. The Kier molecular flexibility index (Phi) is 5.17. The molecule has 25 heavy (non-hydrogen) atoms. The molecule has 1 N–H and O–H groups in total. The number of carboxylic acids is 1. The number of aryl methyl sites for hydroxylation is 2. The molecule has 0 saturated carbocycles. The van der Waals surface area contributed by atoms with Crippen LogP contribution in [0.15, 0.2) is 48.5 Å². The molecule has 4 nitrogen and oxygen atoms in total. The molecule has 0 bridgehead atoms. The average molecular weight is 337 g/mol. The molecule has 3 rings (SSSR count). The number of nitrogens with zero attached hydrogens (tertiary/aromatic N) is 1. The van der Waals surface area contributed by atoms with Crippen LogP contribution >= 0.6 is 0 Å². The number of carboxylic acid groups (broad SMARTS) is 1. The van der Waals surface area contributed by atoms with Gasteiger partial charge in [-0.15, -0.1) is 0 Å². The number of rotatable bonds is 6. The summed E-state index contributed by atoms with van der Waals surface area (Å²) in [5, 5.41) is 8.89. The Hall–Kier alpha value is -2.62. The number of aromatic carboxylic acids is 1. The van der Waals surface area contributed by atoms with E-state index in [1.807, 2.05) is 4.90 Å². The Morgan fingerprint density at radius 3 is 2.44 bits per heavy atom. The highest BCUT2D eigenvalue weighted by Gasteiger charge is 2.30. The molecular weight excluding hydrogens is 314 g/mol. The summed E-state index contributed by atoms with van der Waals surface area (Å²) in [6, 6.07) is 15.3. The highest BCUT2D eigenvalue weighted by atomic mass is 16.4. The van der Waals surface area contributed by atoms with E-state index < -0.39 is 5.97 Å². The van der Waals surface area contributed by atoms with Gasteiger partial charge in [0.2, 0.25) is 5.91 Å². The zero-order valence-corrected chi connectivity index (χ0v) is 14.4. The zero-order chi connectivity index (χ0) is 17.8. The van der Waals surface area contributed by atoms with Gasteiger partial charge in [-0.1, -0.05) is 42.0 Å². The zero-order valence-electron chi connectivity index (χ0n) is 14.4. The fourth-order valence-electron chi connectivity index (χ4n) is 3.30. The molecule has 0 aromatic heterocycles. The molecule has 2 aromatic carbocycles. The van der Waals surface area contributed by atoms with Crippen LogP contribution in [0.1, 0.15) is 33.5 Å². The van der Waals surface area contributed by atoms with Crippen molar-refractivity contribution in [1.29, 1.82) is 0 Å². The lowest BCUT2D eigenvalue weighted by Crippen LogP contribution is -2.50. The van der Waals surface area contributed by atoms with Crippen molar-refractivity contribution in [2.24, 2.45) is 5.92 Å². The quantitative estimate of drug-likeness (QED) is 0.880. The van der Waals surface area contributed by atoms with Crippen LogP contribution in [0.2, 0.25) is 0 Å². The van der Waals surface area contributed by atoms with Crippen molar-refractivity contribution in [3.05, 3.63) is 70.8 Å². The molecule has 1 saturated heterocycles. The highest BCUT2D eigenvalue weighted by molar-refractivity contribution is 5.87. The van der Waals surface area contributed by atoms with Gasteiger partial charge in [0, 0.05) is 19.5 Å². The standard InChI is InChI=1S/C21H23NO3/c1-15-3-2-4-17(11-15)12-18-13-22(14-18)20(23)10-7-16-5-8-19(9-6-16)21(24)25/h2-6,8-9,11,18H,7,10,12-14H2,1H3,(H,24,25). The Bertz CT molecular complexity index is 761. The van der Waals surface area contributed by atoms with Crippen LogP contribution in [0.3, 0.4) is 0 Å². The van der Waals surface area contributed by atoms with Gasteiger partial charge in [-0.05, 0) is 48.9 Å². The summed E-state index contributed by atoms with van der Waals surface area (Å²) >= 11 is 0. The monoisotopic (exact) mass is 337 g/mol. The Balaban J connectivity index is 1.42. The minimum Gasteiger partial charge on any atom is -0.478 e. The van der Waals surface area contributed by atoms with Crippen molar-refractivity contribution in [1.82, 2.24) is 4.90 Å². The minimum absolute atomic E-state index is 0.183. The van der Waals surface area contributed by atoms with Crippen LogP contribution in [0.5, 0.6) is 0 Å². The van der Waals surface area contributed by atoms with Gasteiger partial charge in [0.25, 0.3) is 0 Å². The van der Waals surface area contributed by atoms with E-state index in [2.05, 4.69) is 31.2 Å². The van der Waals surface area contributed by atoms with Crippen LogP contribution in [0, 0.1) is 12.8 Å². The van der Waals surface area contributed by atoms with E-state index >= 15 is 0 Å². The minimum atomic E-state index is -0.928. The van der Waals surface area contributed by atoms with Crippen LogP contribution in [0.25, 0.3) is 0 Å². The molecule has 1 fully saturated rings. The summed E-state index contributed by atoms with van der Waals surface area (Å²) in [7, 11) is 0. The van der Waals surface area contributed by atoms with Crippen LogP contribution < -0.4 is 0 Å². The Morgan fingerprint density at radius 2 is 1.80 bits per heavy atom. The molecule has 0 spiro atoms. The van der Waals surface area contributed by atoms with E-state index in [1.54, 1.807) is 24.3 Å². The first-order valence-electron chi connectivity index (χ1n) is 8.67. The number of carbonyl (C=O) groups is 2. The lowest BCUT2D eigenvalue weighted by atomic mass is 9.91. The summed E-state index contributed by atoms with van der Waals surface area (Å²) in [5.41, 5.74) is 3.89. The number of hydrogen-bond acceptors (Lipinski definition) is 2. The number of likely N-dealkylation sites (tertiary alicyclic amines) is 1. The van der Waals surface area contributed by atoms with Gasteiger partial charge in [-0.2, -0.15) is 0 Å². The van der Waals surface area contributed by atoms with Gasteiger partial charge in [0.05, 0.1) is 5.56 Å². The maximum atomic E-state index is 12.3. The van der Waals surface area contributed by atoms with Crippen molar-refractivity contribution < 1.29 is 14.7 Å². The predicted octanol–water partition coefficient (Wildman–Crippen LogP) is 3.33. The lowest BCUT2D eigenvalue weighted by molar-refractivity contribution is -0.137. The Labute approximate surface area is 148 Å². The molecular formula is C21H23NO3. The second-order valence-electron chi connectivity index (χ2n) is 6.86. The van der Waals surface area contributed by atoms with Crippen molar-refractivity contribution in [2.45, 2.75) is 26.2 Å². The molecule has 4 heteroatoms. The topological polar surface area (TPSA) is 57.6 Å². The molecule has 1 amide bonds. The number of amides is 1. The molecule has 1 aliphatic rings. The fraction of sp³-hybridized carbons (Fsp3) is 0.333. The molecule has 2 aromatic rings. The first kappa shape index (κ1) is 17.2. The second-order valence-corrected chi connectivity index (χ2v) is 6.86.